The number of amides is 1. The number of carbonyl (C=O) groups is 2. The van der Waals surface area contributed by atoms with E-state index in [4.69, 9.17) is 16.2 Å². The average molecular weight is 652 g/mol. The summed E-state index contributed by atoms with van der Waals surface area (Å²) in [5.74, 6) is -0.647. The lowest BCUT2D eigenvalue weighted by molar-refractivity contribution is -0.137. The maximum absolute atomic E-state index is 13.5. The van der Waals surface area contributed by atoms with Gasteiger partial charge in [0.15, 0.2) is 12.0 Å². The second-order valence-corrected chi connectivity index (χ2v) is 10.6. The van der Waals surface area contributed by atoms with Crippen molar-refractivity contribution in [1.82, 2.24) is 14.9 Å². The summed E-state index contributed by atoms with van der Waals surface area (Å²) in [6.07, 6.45) is -4.29. The number of hydrogen-bond acceptors (Lipinski definition) is 10. The Balaban J connectivity index is 1.41. The smallest absolute Gasteiger partial charge is 0.409 e. The molecule has 1 atom stereocenters. The Kier molecular flexibility index (Phi) is 10.9. The van der Waals surface area contributed by atoms with Crippen LogP contribution in [0, 0.1) is 0 Å². The topological polar surface area (TPSA) is 176 Å². The number of anilines is 2. The number of nitrogens with one attached hydrogen (secondary N) is 2. The van der Waals surface area contributed by atoms with Crippen LogP contribution < -0.4 is 27.7 Å². The van der Waals surface area contributed by atoms with Crippen LogP contribution in [0.5, 0.6) is 0 Å². The first kappa shape index (κ1) is 34.2. The van der Waals surface area contributed by atoms with Crippen molar-refractivity contribution in [3.8, 4) is 11.3 Å². The van der Waals surface area contributed by atoms with E-state index < -0.39 is 42.1 Å². The molecule has 47 heavy (non-hydrogen) atoms. The molecule has 1 heterocycles. The van der Waals surface area contributed by atoms with Gasteiger partial charge in [-0.15, -0.1) is 0 Å². The molecule has 0 radical (unpaired) electrons. The van der Waals surface area contributed by atoms with Crippen molar-refractivity contribution in [2.24, 2.45) is 10.9 Å². The molecule has 1 amide bonds. The van der Waals surface area contributed by atoms with Gasteiger partial charge < -0.3 is 21.1 Å². The highest BCUT2D eigenvalue weighted by molar-refractivity contribution is 5.80. The standard InChI is InChI=1S/C32H32F3N7O5/c1-19(2)41-29-30(44)42(26(17-39-29)23-12-24(32(33,34)35)14-25(36)13-23)18-27(43)38-15-20-8-10-21(11-9-20)16-40-47-31(45)46-28(37)22-6-4-3-5-7-22/h3-14,16-17,19,28H,15,18,36-37H2,1-2H3,(H,38,43)(H,39,41)/b40-16-. The van der Waals surface area contributed by atoms with Crippen LogP contribution in [0.1, 0.15) is 42.3 Å². The first-order valence-electron chi connectivity index (χ1n) is 14.2. The van der Waals surface area contributed by atoms with E-state index in [-0.39, 0.29) is 35.3 Å². The molecule has 0 bridgehead atoms. The van der Waals surface area contributed by atoms with E-state index in [2.05, 4.69) is 25.6 Å². The van der Waals surface area contributed by atoms with Crippen LogP contribution in [0.4, 0.5) is 29.5 Å². The van der Waals surface area contributed by atoms with Crippen molar-refractivity contribution in [2.45, 2.75) is 45.4 Å². The van der Waals surface area contributed by atoms with Crippen LogP contribution in [0.2, 0.25) is 0 Å². The van der Waals surface area contributed by atoms with Crippen LogP contribution in [0.15, 0.2) is 88.9 Å². The lowest BCUT2D eigenvalue weighted by atomic mass is 10.1. The van der Waals surface area contributed by atoms with Gasteiger partial charge >= 0.3 is 12.3 Å². The van der Waals surface area contributed by atoms with Crippen molar-refractivity contribution >= 4 is 29.8 Å². The van der Waals surface area contributed by atoms with Crippen LogP contribution in [0.3, 0.4) is 0 Å². The van der Waals surface area contributed by atoms with Gasteiger partial charge in [-0.05, 0) is 43.2 Å². The minimum absolute atomic E-state index is 0.0194. The SMILES string of the molecule is CC(C)Nc1ncc(-c2cc(N)cc(C(F)(F)F)c2)n(CC(=O)NCc2ccc(/C=N\OC(=O)OC(N)c3ccccc3)cc2)c1=O. The van der Waals surface area contributed by atoms with Crippen LogP contribution in [-0.4, -0.2) is 33.9 Å². The number of nitrogen functional groups attached to an aromatic ring is 1. The number of alkyl halides is 3. The summed E-state index contributed by atoms with van der Waals surface area (Å²) in [6, 6.07) is 18.1. The van der Waals surface area contributed by atoms with Gasteiger partial charge in [-0.2, -0.15) is 13.2 Å². The summed E-state index contributed by atoms with van der Waals surface area (Å²) < 4.78 is 46.5. The van der Waals surface area contributed by atoms with Gasteiger partial charge in [-0.25, -0.2) is 9.78 Å². The second kappa shape index (κ2) is 15.1. The third-order valence-corrected chi connectivity index (χ3v) is 6.51. The molecule has 0 aliphatic heterocycles. The number of rotatable bonds is 11. The van der Waals surface area contributed by atoms with Crippen molar-refractivity contribution in [2.75, 3.05) is 11.1 Å². The lowest BCUT2D eigenvalue weighted by Gasteiger charge is -2.17. The molecule has 4 rings (SSSR count). The van der Waals surface area contributed by atoms with Gasteiger partial charge in [0.2, 0.25) is 5.91 Å². The van der Waals surface area contributed by atoms with E-state index in [9.17, 15) is 27.6 Å². The molecular formula is C32H32F3N7O5. The highest BCUT2D eigenvalue weighted by atomic mass is 19.4. The normalized spacial score (nSPS) is 12.1. The maximum Gasteiger partial charge on any atom is 0.537 e. The van der Waals surface area contributed by atoms with E-state index in [1.807, 2.05) is 0 Å². The Hall–Kier alpha value is -5.70. The quantitative estimate of drug-likeness (QED) is 0.0444. The number of nitrogens with two attached hydrogens (primary N) is 2. The van der Waals surface area contributed by atoms with E-state index in [0.717, 1.165) is 16.7 Å². The summed E-state index contributed by atoms with van der Waals surface area (Å²) in [5.41, 5.74) is 11.5. The number of benzene rings is 3. The molecule has 0 aliphatic carbocycles. The number of ether oxygens (including phenoxy) is 1. The largest absolute Gasteiger partial charge is 0.537 e. The first-order chi connectivity index (χ1) is 22.3. The van der Waals surface area contributed by atoms with Crippen LogP contribution in [0.25, 0.3) is 11.3 Å². The summed E-state index contributed by atoms with van der Waals surface area (Å²) in [5, 5.41) is 9.17. The van der Waals surface area contributed by atoms with Crippen LogP contribution in [-0.2, 0) is 33.6 Å². The van der Waals surface area contributed by atoms with Gasteiger partial charge in [0.25, 0.3) is 5.56 Å². The third kappa shape index (κ3) is 9.64. The predicted molar refractivity (Wildman–Crippen MR) is 169 cm³/mol. The Bertz CT molecular complexity index is 1790. The van der Waals surface area contributed by atoms with E-state index >= 15 is 0 Å². The molecule has 4 aromatic rings. The number of hydrogen-bond donors (Lipinski definition) is 4. The van der Waals surface area contributed by atoms with Crippen molar-refractivity contribution in [3.05, 3.63) is 112 Å². The third-order valence-electron chi connectivity index (χ3n) is 6.51. The molecule has 1 aromatic heterocycles. The molecule has 0 spiro atoms. The molecule has 0 aliphatic rings. The summed E-state index contributed by atoms with van der Waals surface area (Å²) in [6.45, 7) is 3.12. The van der Waals surface area contributed by atoms with E-state index in [0.29, 0.717) is 16.7 Å². The molecule has 0 saturated heterocycles. The number of oxime groups is 1. The Morgan fingerprint density at radius 3 is 2.43 bits per heavy atom. The van der Waals surface area contributed by atoms with Gasteiger partial charge in [0, 0.05) is 29.4 Å². The fourth-order valence-corrected chi connectivity index (χ4v) is 4.30. The fraction of sp³-hybridized carbons (Fsp3) is 0.219. The van der Waals surface area contributed by atoms with Crippen molar-refractivity contribution in [3.63, 3.8) is 0 Å². The Morgan fingerprint density at radius 2 is 1.77 bits per heavy atom. The summed E-state index contributed by atoms with van der Waals surface area (Å²) in [4.78, 5) is 46.9. The fourth-order valence-electron chi connectivity index (χ4n) is 4.30. The number of halogens is 3. The molecule has 1 unspecified atom stereocenters. The summed E-state index contributed by atoms with van der Waals surface area (Å²) >= 11 is 0. The zero-order chi connectivity index (χ0) is 34.1. The molecule has 12 nitrogen and oxygen atoms in total. The average Bonchev–Trinajstić information content (AvgIpc) is 3.02. The molecule has 3 aromatic carbocycles. The zero-order valence-corrected chi connectivity index (χ0v) is 25.3. The Labute approximate surface area is 267 Å². The molecule has 0 saturated carbocycles. The van der Waals surface area contributed by atoms with Gasteiger partial charge in [0.05, 0.1) is 23.7 Å². The van der Waals surface area contributed by atoms with Crippen molar-refractivity contribution in [1.29, 1.82) is 0 Å². The number of carbonyl (C=O) groups excluding carboxylic acids is 2. The monoisotopic (exact) mass is 651 g/mol. The highest BCUT2D eigenvalue weighted by Crippen LogP contribution is 2.34. The second-order valence-electron chi connectivity index (χ2n) is 10.6. The zero-order valence-electron chi connectivity index (χ0n) is 25.3. The Morgan fingerprint density at radius 1 is 1.06 bits per heavy atom. The molecule has 246 valence electrons. The molecule has 6 N–H and O–H groups in total. The van der Waals surface area contributed by atoms with Gasteiger partial charge in [0.1, 0.15) is 6.54 Å². The van der Waals surface area contributed by atoms with E-state index in [1.54, 1.807) is 68.4 Å². The van der Waals surface area contributed by atoms with Gasteiger partial charge in [-0.1, -0.05) is 59.8 Å². The minimum Gasteiger partial charge on any atom is -0.409 e. The van der Waals surface area contributed by atoms with Crippen molar-refractivity contribution < 1.29 is 32.3 Å². The molecule has 0 fully saturated rings. The molecular weight excluding hydrogens is 619 g/mol. The lowest BCUT2D eigenvalue weighted by Crippen LogP contribution is -2.35. The molecule has 15 heteroatoms. The first-order valence-corrected chi connectivity index (χ1v) is 14.2. The van der Waals surface area contributed by atoms with Crippen LogP contribution >= 0.6 is 0 Å². The number of nitrogens with zero attached hydrogens (tertiary/aromatic N) is 3. The van der Waals surface area contributed by atoms with E-state index in [1.165, 1.54) is 18.5 Å². The summed E-state index contributed by atoms with van der Waals surface area (Å²) in [7, 11) is 0. The predicted octanol–water partition coefficient (Wildman–Crippen LogP) is 4.79. The highest BCUT2D eigenvalue weighted by Gasteiger charge is 2.31. The maximum atomic E-state index is 13.5. The number of aromatic nitrogens is 2. The van der Waals surface area contributed by atoms with Gasteiger partial charge in [-0.3, -0.25) is 24.7 Å². The minimum atomic E-state index is -4.68.